The largest absolute Gasteiger partial charge is 0.373 e. The van der Waals surface area contributed by atoms with Gasteiger partial charge in [-0.15, -0.1) is 5.56 Å². The first-order valence-electron chi connectivity index (χ1n) is 14.5. The molecule has 1 saturated carbocycles. The van der Waals surface area contributed by atoms with Gasteiger partial charge in [-0.05, 0) is 67.9 Å². The van der Waals surface area contributed by atoms with Gasteiger partial charge in [0.05, 0.1) is 12.7 Å². The molecule has 1 nitrogen and oxygen atoms in total. The molecule has 1 aliphatic carbocycles. The Kier molecular flexibility index (Phi) is 15.6. The van der Waals surface area contributed by atoms with Crippen LogP contribution in [0.25, 0.3) is 0 Å². The van der Waals surface area contributed by atoms with E-state index in [-0.39, 0.29) is 59.1 Å². The third-order valence-electron chi connectivity index (χ3n) is 8.06. The maximum atomic E-state index is 15.3. The van der Waals surface area contributed by atoms with Gasteiger partial charge in [-0.2, -0.15) is 29.3 Å². The molecule has 0 spiro atoms. The Morgan fingerprint density at radius 3 is 2.03 bits per heavy atom. The predicted octanol–water partition coefficient (Wildman–Crippen LogP) is 8.89. The molecule has 2 aromatic carbocycles. The first-order chi connectivity index (χ1) is 17.6. The first-order valence-corrected chi connectivity index (χ1v) is 14.5. The van der Waals surface area contributed by atoms with Gasteiger partial charge in [0.25, 0.3) is 5.92 Å². The summed E-state index contributed by atoms with van der Waals surface area (Å²) in [6, 6.07) is 10.1. The molecule has 3 radical (unpaired) electrons. The van der Waals surface area contributed by atoms with Gasteiger partial charge < -0.3 is 4.74 Å². The number of rotatable bonds is 5. The third kappa shape index (κ3) is 9.28. The summed E-state index contributed by atoms with van der Waals surface area (Å²) in [4.78, 5) is 0. The molecule has 0 amide bonds. The Hall–Kier alpha value is -0.480. The molecule has 5 heteroatoms. The fourth-order valence-electron chi connectivity index (χ4n) is 5.88. The van der Waals surface area contributed by atoms with E-state index in [2.05, 4.69) is 13.0 Å². The SMILES string of the molecule is CC.CC.[B]c1cc(C2CCC(C3CCC(C)CC3)CO2)cc(C)c1C(F)(F)Cc1c[c-]c(C)c(C)c1.[La]. The molecule has 2 atom stereocenters. The minimum absolute atomic E-state index is 0. The van der Waals surface area contributed by atoms with Crippen molar-refractivity contribution in [1.29, 1.82) is 0 Å². The number of ether oxygens (including phenoxy) is 1. The number of hydrogen-bond acceptors (Lipinski definition) is 1. The summed E-state index contributed by atoms with van der Waals surface area (Å²) in [5.74, 6) is -0.781. The van der Waals surface area contributed by atoms with E-state index in [4.69, 9.17) is 12.6 Å². The minimum Gasteiger partial charge on any atom is -0.373 e. The molecular formula is C33H48BF2LaO-. The quantitative estimate of drug-likeness (QED) is 0.233. The van der Waals surface area contributed by atoms with Crippen LogP contribution in [0.5, 0.6) is 0 Å². The van der Waals surface area contributed by atoms with Crippen molar-refractivity contribution in [3.63, 3.8) is 0 Å². The number of alkyl halides is 2. The molecule has 1 heterocycles. The van der Waals surface area contributed by atoms with Crippen molar-refractivity contribution >= 4 is 13.3 Å². The molecule has 38 heavy (non-hydrogen) atoms. The maximum absolute atomic E-state index is 15.3. The average molecular weight is 648 g/mol. The normalized spacial score (nSPS) is 23.2. The first kappa shape index (κ1) is 35.5. The second kappa shape index (κ2) is 16.7. The summed E-state index contributed by atoms with van der Waals surface area (Å²) in [7, 11) is 6.24. The van der Waals surface area contributed by atoms with Crippen molar-refractivity contribution in [2.45, 2.75) is 112 Å². The van der Waals surface area contributed by atoms with Gasteiger partial charge in [0.2, 0.25) is 0 Å². The van der Waals surface area contributed by atoms with Crippen molar-refractivity contribution in [1.82, 2.24) is 0 Å². The van der Waals surface area contributed by atoms with Crippen molar-refractivity contribution in [3.8, 4) is 0 Å². The van der Waals surface area contributed by atoms with E-state index in [9.17, 15) is 0 Å². The van der Waals surface area contributed by atoms with E-state index >= 15 is 8.78 Å². The zero-order valence-corrected chi connectivity index (χ0v) is 28.7. The van der Waals surface area contributed by atoms with Gasteiger partial charge in [-0.1, -0.05) is 78.9 Å². The Bertz CT molecular complexity index is 954. The Labute approximate surface area is 261 Å². The van der Waals surface area contributed by atoms with Crippen LogP contribution in [0.15, 0.2) is 24.3 Å². The van der Waals surface area contributed by atoms with Crippen LogP contribution in [0, 0.1) is 80.2 Å². The molecule has 1 aliphatic heterocycles. The summed E-state index contributed by atoms with van der Waals surface area (Å²) in [6.07, 6.45) is 6.93. The van der Waals surface area contributed by atoms with Crippen LogP contribution >= 0.6 is 0 Å². The van der Waals surface area contributed by atoms with E-state index in [0.29, 0.717) is 17.0 Å². The third-order valence-corrected chi connectivity index (χ3v) is 8.06. The van der Waals surface area contributed by atoms with Gasteiger partial charge in [0.1, 0.15) is 7.85 Å². The number of hydrogen-bond donors (Lipinski definition) is 0. The van der Waals surface area contributed by atoms with Crippen LogP contribution in [-0.4, -0.2) is 14.5 Å². The fraction of sp³-hybridized carbons (Fsp3) is 0.636. The monoisotopic (exact) mass is 648 g/mol. The van der Waals surface area contributed by atoms with Crippen molar-refractivity contribution in [3.05, 3.63) is 63.7 Å². The topological polar surface area (TPSA) is 9.23 Å². The zero-order valence-electron chi connectivity index (χ0n) is 25.1. The van der Waals surface area contributed by atoms with Crippen LogP contribution in [0.3, 0.4) is 0 Å². The van der Waals surface area contributed by atoms with Crippen molar-refractivity contribution in [2.75, 3.05) is 6.61 Å². The van der Waals surface area contributed by atoms with E-state index in [1.807, 2.05) is 53.7 Å². The molecule has 2 aliphatic rings. The van der Waals surface area contributed by atoms with Gasteiger partial charge in [-0.3, -0.25) is 0 Å². The van der Waals surface area contributed by atoms with E-state index in [1.54, 1.807) is 19.1 Å². The Morgan fingerprint density at radius 1 is 0.895 bits per heavy atom. The summed E-state index contributed by atoms with van der Waals surface area (Å²) < 4.78 is 36.9. The van der Waals surface area contributed by atoms with Gasteiger partial charge in [0, 0.05) is 41.2 Å². The Morgan fingerprint density at radius 2 is 1.50 bits per heavy atom. The average Bonchev–Trinajstić information content (AvgIpc) is 2.88. The number of halogens is 2. The maximum Gasteiger partial charge on any atom is 0.266 e. The van der Waals surface area contributed by atoms with Crippen LogP contribution in [0.4, 0.5) is 8.78 Å². The number of benzene rings is 2. The molecule has 2 unspecified atom stereocenters. The van der Waals surface area contributed by atoms with E-state index < -0.39 is 5.92 Å². The van der Waals surface area contributed by atoms with Gasteiger partial charge in [-0.25, -0.2) is 8.78 Å². The molecule has 0 N–H and O–H groups in total. The number of aryl methyl sites for hydroxylation is 3. The van der Waals surface area contributed by atoms with Gasteiger partial charge >= 0.3 is 0 Å². The van der Waals surface area contributed by atoms with E-state index in [0.717, 1.165) is 48.0 Å². The molecule has 2 aromatic rings. The van der Waals surface area contributed by atoms with Crippen LogP contribution < -0.4 is 5.46 Å². The minimum atomic E-state index is -3.04. The molecule has 207 valence electrons. The molecular weight excluding hydrogens is 600 g/mol. The van der Waals surface area contributed by atoms with Crippen LogP contribution in [-0.2, 0) is 17.1 Å². The second-order valence-corrected chi connectivity index (χ2v) is 10.7. The van der Waals surface area contributed by atoms with Crippen molar-refractivity contribution < 1.29 is 49.1 Å². The summed E-state index contributed by atoms with van der Waals surface area (Å²) >= 11 is 0. The van der Waals surface area contributed by atoms with Crippen LogP contribution in [0.1, 0.15) is 113 Å². The molecule has 1 saturated heterocycles. The molecule has 4 rings (SSSR count). The standard InChI is InChI=1S/C29H36BF2O.2C2H6.La/c1-18-5-9-23(10-6-18)24-11-12-27(33-17-24)25-14-21(4)28(26(30)15-25)29(31,32)16-22-8-7-19(2)20(3)13-22;2*1-2;/h8,13-15,18,23-24,27H,5-6,9-12,16-17H2,1-4H3;2*1-2H3;/q-1;;;. The smallest absolute Gasteiger partial charge is 0.266 e. The predicted molar refractivity (Wildman–Crippen MR) is 154 cm³/mol. The van der Waals surface area contributed by atoms with Crippen LogP contribution in [0.2, 0.25) is 0 Å². The van der Waals surface area contributed by atoms with Gasteiger partial charge in [0.15, 0.2) is 0 Å². The molecule has 0 bridgehead atoms. The Balaban J connectivity index is 0.00000138. The molecule has 2 fully saturated rings. The molecule has 0 aromatic heterocycles. The summed E-state index contributed by atoms with van der Waals surface area (Å²) in [5, 5.41) is 0. The summed E-state index contributed by atoms with van der Waals surface area (Å²) in [5.41, 5.74) is 4.09. The fourth-order valence-corrected chi connectivity index (χ4v) is 5.88. The second-order valence-electron chi connectivity index (χ2n) is 10.7. The zero-order chi connectivity index (χ0) is 27.8. The van der Waals surface area contributed by atoms with E-state index in [1.165, 1.54) is 25.7 Å². The van der Waals surface area contributed by atoms with Crippen molar-refractivity contribution in [2.24, 2.45) is 17.8 Å². The summed E-state index contributed by atoms with van der Waals surface area (Å²) in [6.45, 7) is 16.7.